The van der Waals surface area contributed by atoms with Crippen molar-refractivity contribution in [3.63, 3.8) is 0 Å². The summed E-state index contributed by atoms with van der Waals surface area (Å²) in [5, 5.41) is 0.594. The molecule has 11 heteroatoms. The van der Waals surface area contributed by atoms with Gasteiger partial charge in [-0.3, -0.25) is 14.4 Å². The third-order valence-corrected chi connectivity index (χ3v) is 6.47. The van der Waals surface area contributed by atoms with Crippen LogP contribution in [0.3, 0.4) is 0 Å². The molecule has 1 amide bonds. The van der Waals surface area contributed by atoms with Crippen molar-refractivity contribution in [3.8, 4) is 0 Å². The van der Waals surface area contributed by atoms with Gasteiger partial charge in [0, 0.05) is 17.3 Å². The number of nitrogen functional groups attached to an aromatic ring is 1. The Morgan fingerprint density at radius 3 is 2.50 bits per heavy atom. The number of carbonyl (C=O) groups excluding carboxylic acids is 1. The standard InChI is InChI=1S/C21H21Cl2N5O3S/c1-12(2)28(19-6-4-5-18(24)26-19)21(29)20-17(10-14(22)11-25-20)27-32(30,31)15-7-8-16(23)13(3)9-15/h4-12,27H,1-3H3,(H2,24,26). The molecule has 0 aliphatic carbocycles. The number of benzene rings is 1. The number of hydrogen-bond acceptors (Lipinski definition) is 6. The van der Waals surface area contributed by atoms with E-state index in [1.807, 2.05) is 0 Å². The first kappa shape index (κ1) is 23.8. The number of rotatable bonds is 6. The summed E-state index contributed by atoms with van der Waals surface area (Å²) in [5.41, 5.74) is 6.16. The second kappa shape index (κ2) is 9.32. The van der Waals surface area contributed by atoms with Crippen molar-refractivity contribution in [1.29, 1.82) is 0 Å². The van der Waals surface area contributed by atoms with Crippen molar-refractivity contribution in [1.82, 2.24) is 9.97 Å². The van der Waals surface area contributed by atoms with Gasteiger partial charge in [0.05, 0.1) is 15.6 Å². The number of nitrogens with zero attached hydrogens (tertiary/aromatic N) is 3. The number of halogens is 2. The van der Waals surface area contributed by atoms with Gasteiger partial charge in [-0.25, -0.2) is 18.4 Å². The first-order valence-corrected chi connectivity index (χ1v) is 11.7. The van der Waals surface area contributed by atoms with Gasteiger partial charge in [0.25, 0.3) is 15.9 Å². The molecular weight excluding hydrogens is 473 g/mol. The summed E-state index contributed by atoms with van der Waals surface area (Å²) in [4.78, 5) is 23.1. The van der Waals surface area contributed by atoms with Gasteiger partial charge in [0.15, 0.2) is 5.69 Å². The highest BCUT2D eigenvalue weighted by Crippen LogP contribution is 2.27. The lowest BCUT2D eigenvalue weighted by atomic mass is 10.2. The number of aryl methyl sites for hydroxylation is 1. The molecule has 2 aromatic heterocycles. The molecule has 0 unspecified atom stereocenters. The van der Waals surface area contributed by atoms with E-state index >= 15 is 0 Å². The van der Waals surface area contributed by atoms with Crippen LogP contribution in [-0.2, 0) is 10.0 Å². The minimum Gasteiger partial charge on any atom is -0.384 e. The lowest BCUT2D eigenvalue weighted by Gasteiger charge is -2.26. The van der Waals surface area contributed by atoms with Crippen molar-refractivity contribution in [2.75, 3.05) is 15.4 Å². The van der Waals surface area contributed by atoms with Crippen molar-refractivity contribution < 1.29 is 13.2 Å². The maximum Gasteiger partial charge on any atom is 0.280 e. The molecule has 168 valence electrons. The number of aromatic nitrogens is 2. The zero-order chi connectivity index (χ0) is 23.6. The predicted molar refractivity (Wildman–Crippen MR) is 127 cm³/mol. The average Bonchev–Trinajstić information content (AvgIpc) is 2.69. The molecule has 0 spiro atoms. The molecule has 0 aliphatic rings. The number of amides is 1. The van der Waals surface area contributed by atoms with E-state index in [0.717, 1.165) is 0 Å². The lowest BCUT2D eigenvalue weighted by Crippen LogP contribution is -2.38. The number of nitrogens with one attached hydrogen (secondary N) is 1. The average molecular weight is 494 g/mol. The molecule has 3 aromatic rings. The summed E-state index contributed by atoms with van der Waals surface area (Å²) in [6.45, 7) is 5.27. The van der Waals surface area contributed by atoms with E-state index in [4.69, 9.17) is 28.9 Å². The Hall–Kier alpha value is -2.88. The highest BCUT2D eigenvalue weighted by molar-refractivity contribution is 7.92. The molecule has 3 rings (SSSR count). The number of nitrogens with two attached hydrogens (primary N) is 1. The molecule has 0 radical (unpaired) electrons. The lowest BCUT2D eigenvalue weighted by molar-refractivity contribution is 0.0975. The smallest absolute Gasteiger partial charge is 0.280 e. The SMILES string of the molecule is Cc1cc(S(=O)(=O)Nc2cc(Cl)cnc2C(=O)N(c2cccc(N)n2)C(C)C)ccc1Cl. The fraction of sp³-hybridized carbons (Fsp3) is 0.190. The molecule has 0 fully saturated rings. The first-order chi connectivity index (χ1) is 15.0. The van der Waals surface area contributed by atoms with Crippen LogP contribution in [-0.4, -0.2) is 30.3 Å². The van der Waals surface area contributed by atoms with Gasteiger partial charge >= 0.3 is 0 Å². The summed E-state index contributed by atoms with van der Waals surface area (Å²) in [6.07, 6.45) is 1.27. The molecule has 0 bridgehead atoms. The van der Waals surface area contributed by atoms with E-state index in [1.165, 1.54) is 35.4 Å². The Morgan fingerprint density at radius 2 is 1.88 bits per heavy atom. The Kier molecular flexibility index (Phi) is 6.92. The minimum absolute atomic E-state index is 0.0176. The number of pyridine rings is 2. The highest BCUT2D eigenvalue weighted by Gasteiger charge is 2.28. The third kappa shape index (κ3) is 5.12. The van der Waals surface area contributed by atoms with Gasteiger partial charge in [-0.15, -0.1) is 0 Å². The van der Waals surface area contributed by atoms with Crippen LogP contribution in [0.25, 0.3) is 0 Å². The van der Waals surface area contributed by atoms with Crippen molar-refractivity contribution in [2.24, 2.45) is 0 Å². The van der Waals surface area contributed by atoms with Gasteiger partial charge in [-0.05, 0) is 62.7 Å². The van der Waals surface area contributed by atoms with Crippen LogP contribution in [0.2, 0.25) is 10.0 Å². The zero-order valence-corrected chi connectivity index (χ0v) is 19.8. The van der Waals surface area contributed by atoms with Gasteiger partial charge in [0.2, 0.25) is 0 Å². The molecular formula is C21H21Cl2N5O3S. The first-order valence-electron chi connectivity index (χ1n) is 9.50. The fourth-order valence-electron chi connectivity index (χ4n) is 2.97. The van der Waals surface area contributed by atoms with Crippen LogP contribution in [0, 0.1) is 6.92 Å². The van der Waals surface area contributed by atoms with E-state index in [9.17, 15) is 13.2 Å². The van der Waals surface area contributed by atoms with Gasteiger partial charge in [-0.2, -0.15) is 0 Å². The minimum atomic E-state index is -4.06. The summed E-state index contributed by atoms with van der Waals surface area (Å²) in [6, 6.07) is 10.2. The van der Waals surface area contributed by atoms with Crippen LogP contribution in [0.4, 0.5) is 17.3 Å². The van der Waals surface area contributed by atoms with Crippen molar-refractivity contribution in [2.45, 2.75) is 31.7 Å². The van der Waals surface area contributed by atoms with E-state index in [-0.39, 0.29) is 33.2 Å². The summed E-state index contributed by atoms with van der Waals surface area (Å²) in [5.74, 6) is -0.0207. The van der Waals surface area contributed by atoms with Crippen molar-refractivity contribution in [3.05, 3.63) is 70.0 Å². The molecule has 8 nitrogen and oxygen atoms in total. The van der Waals surface area contributed by atoms with Gasteiger partial charge in [-0.1, -0.05) is 29.3 Å². The number of anilines is 3. The fourth-order valence-corrected chi connectivity index (χ4v) is 4.38. The third-order valence-electron chi connectivity index (χ3n) is 4.48. The largest absolute Gasteiger partial charge is 0.384 e. The second-order valence-electron chi connectivity index (χ2n) is 7.26. The summed E-state index contributed by atoms with van der Waals surface area (Å²) >= 11 is 12.1. The normalized spacial score (nSPS) is 11.4. The van der Waals surface area contributed by atoms with E-state index in [2.05, 4.69) is 14.7 Å². The molecule has 0 saturated carbocycles. The maximum atomic E-state index is 13.4. The predicted octanol–water partition coefficient (Wildman–Crippen LogP) is 4.53. The topological polar surface area (TPSA) is 118 Å². The Morgan fingerprint density at radius 1 is 1.16 bits per heavy atom. The van der Waals surface area contributed by atoms with Gasteiger partial charge in [0.1, 0.15) is 11.6 Å². The Labute approximate surface area is 196 Å². The molecule has 0 aliphatic heterocycles. The highest BCUT2D eigenvalue weighted by atomic mass is 35.5. The van der Waals surface area contributed by atoms with Crippen molar-refractivity contribution >= 4 is 56.5 Å². The van der Waals surface area contributed by atoms with E-state index < -0.39 is 15.9 Å². The number of sulfonamides is 1. The van der Waals surface area contributed by atoms with Crippen LogP contribution in [0.15, 0.2) is 53.6 Å². The monoisotopic (exact) mass is 493 g/mol. The summed E-state index contributed by atoms with van der Waals surface area (Å²) < 4.78 is 28.4. The Balaban J connectivity index is 2.05. The second-order valence-corrected chi connectivity index (χ2v) is 9.78. The van der Waals surface area contributed by atoms with E-state index in [0.29, 0.717) is 16.4 Å². The number of hydrogen-bond donors (Lipinski definition) is 2. The van der Waals surface area contributed by atoms with Crippen LogP contribution < -0.4 is 15.4 Å². The zero-order valence-electron chi connectivity index (χ0n) is 17.5. The van der Waals surface area contributed by atoms with Crippen LogP contribution in [0.1, 0.15) is 29.9 Å². The van der Waals surface area contributed by atoms with Crippen LogP contribution in [0.5, 0.6) is 0 Å². The van der Waals surface area contributed by atoms with E-state index in [1.54, 1.807) is 39.0 Å². The molecule has 3 N–H and O–H groups in total. The number of carbonyl (C=O) groups is 1. The van der Waals surface area contributed by atoms with Gasteiger partial charge < -0.3 is 5.73 Å². The maximum absolute atomic E-state index is 13.4. The molecule has 0 saturated heterocycles. The molecule has 2 heterocycles. The van der Waals surface area contributed by atoms with Crippen LogP contribution >= 0.6 is 23.2 Å². The summed E-state index contributed by atoms with van der Waals surface area (Å²) in [7, 11) is -4.06. The Bertz CT molecular complexity index is 1280. The quantitative estimate of drug-likeness (QED) is 0.520. The molecule has 1 aromatic carbocycles. The molecule has 32 heavy (non-hydrogen) atoms. The molecule has 0 atom stereocenters.